The summed E-state index contributed by atoms with van der Waals surface area (Å²) in [6.45, 7) is 5.00. The lowest BCUT2D eigenvalue weighted by Gasteiger charge is -2.02. The van der Waals surface area contributed by atoms with Crippen LogP contribution in [0.25, 0.3) is 0 Å². The van der Waals surface area contributed by atoms with Gasteiger partial charge in [0.05, 0.1) is 6.61 Å². The first-order chi connectivity index (χ1) is 6.83. The molecule has 2 nitrogen and oxygen atoms in total. The van der Waals surface area contributed by atoms with E-state index in [2.05, 4.69) is 24.4 Å². The van der Waals surface area contributed by atoms with Crippen LogP contribution in [0, 0.1) is 6.92 Å². The third-order valence-electron chi connectivity index (χ3n) is 2.06. The predicted molar refractivity (Wildman–Crippen MR) is 62.1 cm³/mol. The number of hydrogen-bond acceptors (Lipinski definition) is 3. The van der Waals surface area contributed by atoms with Gasteiger partial charge >= 0.3 is 0 Å². The third kappa shape index (κ3) is 4.74. The highest BCUT2D eigenvalue weighted by molar-refractivity contribution is 7.11. The highest BCUT2D eigenvalue weighted by Gasteiger charge is 1.95. The molecule has 0 atom stereocenters. The van der Waals surface area contributed by atoms with Gasteiger partial charge in [-0.1, -0.05) is 0 Å². The molecular formula is C11H19NOS. The van der Waals surface area contributed by atoms with Crippen molar-refractivity contribution in [2.24, 2.45) is 0 Å². The van der Waals surface area contributed by atoms with Gasteiger partial charge in [0.15, 0.2) is 0 Å². The standard InChI is InChI=1S/C11H19NOS/c1-10-5-6-11(14-10)4-3-7-12-8-9-13-2/h5-6,12H,3-4,7-9H2,1-2H3. The topological polar surface area (TPSA) is 21.3 Å². The molecule has 0 radical (unpaired) electrons. The van der Waals surface area contributed by atoms with Crippen LogP contribution in [0.3, 0.4) is 0 Å². The minimum atomic E-state index is 0.804. The molecule has 14 heavy (non-hydrogen) atoms. The van der Waals surface area contributed by atoms with Gasteiger partial charge in [0.2, 0.25) is 0 Å². The summed E-state index contributed by atoms with van der Waals surface area (Å²) >= 11 is 1.90. The average Bonchev–Trinajstić information content (AvgIpc) is 2.58. The van der Waals surface area contributed by atoms with Crippen molar-refractivity contribution in [2.75, 3.05) is 26.8 Å². The molecule has 0 aliphatic heterocycles. The van der Waals surface area contributed by atoms with Crippen LogP contribution in [0.2, 0.25) is 0 Å². The van der Waals surface area contributed by atoms with Crippen molar-refractivity contribution in [1.29, 1.82) is 0 Å². The molecule has 0 unspecified atom stereocenters. The van der Waals surface area contributed by atoms with Crippen LogP contribution in [0.5, 0.6) is 0 Å². The van der Waals surface area contributed by atoms with Gasteiger partial charge in [0.25, 0.3) is 0 Å². The van der Waals surface area contributed by atoms with Gasteiger partial charge < -0.3 is 10.1 Å². The van der Waals surface area contributed by atoms with Crippen molar-refractivity contribution < 1.29 is 4.74 Å². The number of aryl methyl sites for hydroxylation is 2. The van der Waals surface area contributed by atoms with E-state index in [9.17, 15) is 0 Å². The smallest absolute Gasteiger partial charge is 0.0587 e. The lowest BCUT2D eigenvalue weighted by molar-refractivity contribution is 0.199. The molecule has 3 heteroatoms. The summed E-state index contributed by atoms with van der Waals surface area (Å²) in [5, 5.41) is 3.34. The molecule has 0 aromatic carbocycles. The Bertz CT molecular complexity index is 247. The quantitative estimate of drug-likeness (QED) is 0.701. The molecule has 0 saturated heterocycles. The number of ether oxygens (including phenoxy) is 1. The number of rotatable bonds is 7. The van der Waals surface area contributed by atoms with E-state index in [4.69, 9.17) is 4.74 Å². The van der Waals surface area contributed by atoms with Crippen LogP contribution < -0.4 is 5.32 Å². The van der Waals surface area contributed by atoms with Gasteiger partial charge in [0.1, 0.15) is 0 Å². The zero-order valence-corrected chi connectivity index (χ0v) is 9.82. The Morgan fingerprint density at radius 3 is 2.86 bits per heavy atom. The summed E-state index contributed by atoms with van der Waals surface area (Å²) in [5.74, 6) is 0. The van der Waals surface area contributed by atoms with E-state index in [1.54, 1.807) is 7.11 Å². The van der Waals surface area contributed by atoms with E-state index in [-0.39, 0.29) is 0 Å². The van der Waals surface area contributed by atoms with Crippen LogP contribution in [-0.2, 0) is 11.2 Å². The van der Waals surface area contributed by atoms with Gasteiger partial charge in [-0.2, -0.15) is 0 Å². The lowest BCUT2D eigenvalue weighted by Crippen LogP contribution is -2.20. The molecule has 1 aromatic rings. The molecule has 0 saturated carbocycles. The number of hydrogen-bond donors (Lipinski definition) is 1. The van der Waals surface area contributed by atoms with Crippen molar-refractivity contribution in [3.63, 3.8) is 0 Å². The van der Waals surface area contributed by atoms with E-state index in [0.717, 1.165) is 19.7 Å². The highest BCUT2D eigenvalue weighted by atomic mass is 32.1. The first kappa shape index (κ1) is 11.7. The van der Waals surface area contributed by atoms with E-state index >= 15 is 0 Å². The molecular weight excluding hydrogens is 194 g/mol. The second-order valence-corrected chi connectivity index (χ2v) is 4.73. The maximum atomic E-state index is 4.95. The van der Waals surface area contributed by atoms with Gasteiger partial charge in [-0.15, -0.1) is 11.3 Å². The molecule has 0 amide bonds. The maximum Gasteiger partial charge on any atom is 0.0587 e. The summed E-state index contributed by atoms with van der Waals surface area (Å²) in [6.07, 6.45) is 2.40. The Morgan fingerprint density at radius 1 is 1.36 bits per heavy atom. The summed E-state index contributed by atoms with van der Waals surface area (Å²) in [4.78, 5) is 2.91. The van der Waals surface area contributed by atoms with Crippen LogP contribution in [0.15, 0.2) is 12.1 Å². The van der Waals surface area contributed by atoms with Crippen molar-refractivity contribution in [1.82, 2.24) is 5.32 Å². The minimum absolute atomic E-state index is 0.804. The van der Waals surface area contributed by atoms with E-state index in [0.29, 0.717) is 0 Å². The predicted octanol–water partition coefficient (Wildman–Crippen LogP) is 2.23. The van der Waals surface area contributed by atoms with Gasteiger partial charge in [0, 0.05) is 23.4 Å². The van der Waals surface area contributed by atoms with Gasteiger partial charge in [-0.05, 0) is 38.4 Å². The summed E-state index contributed by atoms with van der Waals surface area (Å²) in [5.41, 5.74) is 0. The van der Waals surface area contributed by atoms with Crippen LogP contribution >= 0.6 is 11.3 Å². The fourth-order valence-corrected chi connectivity index (χ4v) is 2.24. The normalized spacial score (nSPS) is 10.7. The van der Waals surface area contributed by atoms with Crippen molar-refractivity contribution in [2.45, 2.75) is 19.8 Å². The van der Waals surface area contributed by atoms with Crippen LogP contribution in [0.4, 0.5) is 0 Å². The molecule has 0 aliphatic rings. The Hall–Kier alpha value is -0.380. The first-order valence-corrected chi connectivity index (χ1v) is 5.89. The second kappa shape index (κ2) is 6.98. The Labute approximate surface area is 90.3 Å². The molecule has 80 valence electrons. The Balaban J connectivity index is 1.99. The highest BCUT2D eigenvalue weighted by Crippen LogP contribution is 2.16. The summed E-state index contributed by atoms with van der Waals surface area (Å²) in [6, 6.07) is 4.42. The largest absolute Gasteiger partial charge is 0.383 e. The maximum absolute atomic E-state index is 4.95. The fourth-order valence-electron chi connectivity index (χ4n) is 1.31. The first-order valence-electron chi connectivity index (χ1n) is 5.08. The molecule has 0 spiro atoms. The Morgan fingerprint density at radius 2 is 2.21 bits per heavy atom. The molecule has 0 bridgehead atoms. The number of nitrogens with one attached hydrogen (secondary N) is 1. The van der Waals surface area contributed by atoms with E-state index < -0.39 is 0 Å². The van der Waals surface area contributed by atoms with Crippen molar-refractivity contribution >= 4 is 11.3 Å². The molecule has 1 N–H and O–H groups in total. The van der Waals surface area contributed by atoms with Gasteiger partial charge in [-0.25, -0.2) is 0 Å². The zero-order valence-electron chi connectivity index (χ0n) is 9.01. The summed E-state index contributed by atoms with van der Waals surface area (Å²) < 4.78 is 4.95. The number of methoxy groups -OCH3 is 1. The Kier molecular flexibility index (Phi) is 5.83. The van der Waals surface area contributed by atoms with Crippen molar-refractivity contribution in [3.8, 4) is 0 Å². The third-order valence-corrected chi connectivity index (χ3v) is 3.12. The van der Waals surface area contributed by atoms with E-state index in [1.165, 1.54) is 22.6 Å². The van der Waals surface area contributed by atoms with Crippen LogP contribution in [-0.4, -0.2) is 26.8 Å². The molecule has 1 rings (SSSR count). The second-order valence-electron chi connectivity index (χ2n) is 3.36. The summed E-state index contributed by atoms with van der Waals surface area (Å²) in [7, 11) is 1.73. The molecule has 1 aromatic heterocycles. The minimum Gasteiger partial charge on any atom is -0.383 e. The van der Waals surface area contributed by atoms with Crippen molar-refractivity contribution in [3.05, 3.63) is 21.9 Å². The van der Waals surface area contributed by atoms with Gasteiger partial charge in [-0.3, -0.25) is 0 Å². The zero-order chi connectivity index (χ0) is 10.2. The lowest BCUT2D eigenvalue weighted by atomic mass is 10.2. The fraction of sp³-hybridized carbons (Fsp3) is 0.636. The molecule has 1 heterocycles. The van der Waals surface area contributed by atoms with E-state index in [1.807, 2.05) is 11.3 Å². The van der Waals surface area contributed by atoms with Crippen LogP contribution in [0.1, 0.15) is 16.2 Å². The number of thiophene rings is 1. The monoisotopic (exact) mass is 213 g/mol. The molecule has 0 fully saturated rings. The average molecular weight is 213 g/mol. The molecule has 0 aliphatic carbocycles. The SMILES string of the molecule is COCCNCCCc1ccc(C)s1.